The van der Waals surface area contributed by atoms with Crippen LogP contribution in [0.3, 0.4) is 0 Å². The van der Waals surface area contributed by atoms with Crippen LogP contribution in [0.4, 0.5) is 0 Å². The van der Waals surface area contributed by atoms with Gasteiger partial charge >= 0.3 is 0 Å². The minimum atomic E-state index is 0.00336. The summed E-state index contributed by atoms with van der Waals surface area (Å²) in [6.45, 7) is 5.57. The van der Waals surface area contributed by atoms with E-state index in [9.17, 15) is 4.79 Å². The molecule has 0 N–H and O–H groups in total. The maximum atomic E-state index is 13.2. The van der Waals surface area contributed by atoms with Crippen molar-refractivity contribution in [2.45, 2.75) is 52.6 Å². The van der Waals surface area contributed by atoms with Crippen LogP contribution in [0.5, 0.6) is 17.4 Å². The third-order valence-corrected chi connectivity index (χ3v) is 5.45. The standard InChI is InChI=1S/C24H29N5O3/c1-18-26-19(2)29(27-18)17-23(30)28-14-7-3-4-8-15-31-21-11-5-6-12-22(21)32-24-20(16-28)10-9-13-25-24/h5-6,9-13H,3-4,7-8,14-17H2,1-2H3. The highest BCUT2D eigenvalue weighted by Gasteiger charge is 2.20. The van der Waals surface area contributed by atoms with Crippen LogP contribution in [0.25, 0.3) is 0 Å². The van der Waals surface area contributed by atoms with Gasteiger partial charge in [0.25, 0.3) is 0 Å². The number of aromatic nitrogens is 4. The molecular weight excluding hydrogens is 406 g/mol. The van der Waals surface area contributed by atoms with E-state index in [1.165, 1.54) is 0 Å². The molecule has 0 aliphatic carbocycles. The van der Waals surface area contributed by atoms with E-state index in [1.807, 2.05) is 55.1 Å². The molecule has 0 saturated heterocycles. The fraction of sp³-hybridized carbons (Fsp3) is 0.417. The van der Waals surface area contributed by atoms with E-state index in [0.717, 1.165) is 37.1 Å². The summed E-state index contributed by atoms with van der Waals surface area (Å²) in [4.78, 5) is 23.9. The lowest BCUT2D eigenvalue weighted by molar-refractivity contribution is -0.132. The molecule has 4 rings (SSSR count). The molecular formula is C24H29N5O3. The predicted molar refractivity (Wildman–Crippen MR) is 120 cm³/mol. The first kappa shape index (κ1) is 21.8. The number of para-hydroxylation sites is 2. The summed E-state index contributed by atoms with van der Waals surface area (Å²) in [7, 11) is 0. The second-order valence-electron chi connectivity index (χ2n) is 7.96. The van der Waals surface area contributed by atoms with Crippen molar-refractivity contribution >= 4 is 5.91 Å². The molecule has 1 aliphatic rings. The number of rotatable bonds is 2. The maximum absolute atomic E-state index is 13.2. The smallest absolute Gasteiger partial charge is 0.244 e. The monoisotopic (exact) mass is 435 g/mol. The van der Waals surface area contributed by atoms with E-state index in [1.54, 1.807) is 10.9 Å². The summed E-state index contributed by atoms with van der Waals surface area (Å²) in [5.41, 5.74) is 0.846. The Morgan fingerprint density at radius 3 is 2.66 bits per heavy atom. The van der Waals surface area contributed by atoms with E-state index < -0.39 is 0 Å². The van der Waals surface area contributed by atoms with Gasteiger partial charge in [-0.3, -0.25) is 4.79 Å². The van der Waals surface area contributed by atoms with Crippen LogP contribution < -0.4 is 9.47 Å². The Labute approximate surface area is 188 Å². The quantitative estimate of drug-likeness (QED) is 0.604. The molecule has 32 heavy (non-hydrogen) atoms. The normalized spacial score (nSPS) is 15.0. The highest BCUT2D eigenvalue weighted by atomic mass is 16.5. The van der Waals surface area contributed by atoms with Crippen LogP contribution >= 0.6 is 0 Å². The fourth-order valence-corrected chi connectivity index (χ4v) is 3.77. The molecule has 8 heteroatoms. The highest BCUT2D eigenvalue weighted by molar-refractivity contribution is 5.76. The average Bonchev–Trinajstić information content (AvgIpc) is 3.10. The van der Waals surface area contributed by atoms with Gasteiger partial charge in [0.2, 0.25) is 11.8 Å². The van der Waals surface area contributed by atoms with Crippen molar-refractivity contribution < 1.29 is 14.3 Å². The Balaban J connectivity index is 1.60. The summed E-state index contributed by atoms with van der Waals surface area (Å²) in [6, 6.07) is 11.4. The third kappa shape index (κ3) is 5.43. The number of hydrogen-bond acceptors (Lipinski definition) is 6. The van der Waals surface area contributed by atoms with Gasteiger partial charge in [-0.2, -0.15) is 5.10 Å². The van der Waals surface area contributed by atoms with E-state index in [0.29, 0.717) is 42.9 Å². The van der Waals surface area contributed by atoms with Gasteiger partial charge in [-0.15, -0.1) is 0 Å². The Morgan fingerprint density at radius 1 is 1.03 bits per heavy atom. The number of hydrogen-bond donors (Lipinski definition) is 0. The van der Waals surface area contributed by atoms with E-state index >= 15 is 0 Å². The van der Waals surface area contributed by atoms with E-state index in [2.05, 4.69) is 15.1 Å². The molecule has 2 aromatic heterocycles. The second-order valence-corrected chi connectivity index (χ2v) is 7.96. The van der Waals surface area contributed by atoms with Gasteiger partial charge in [0.05, 0.1) is 13.2 Å². The molecule has 1 aliphatic heterocycles. The number of nitrogens with zero attached hydrogens (tertiary/aromatic N) is 5. The summed E-state index contributed by atoms with van der Waals surface area (Å²) in [6.07, 6.45) is 5.65. The van der Waals surface area contributed by atoms with Crippen molar-refractivity contribution in [3.05, 3.63) is 59.8 Å². The lowest BCUT2D eigenvalue weighted by atomic mass is 10.1. The highest BCUT2D eigenvalue weighted by Crippen LogP contribution is 2.32. The zero-order valence-electron chi connectivity index (χ0n) is 18.7. The van der Waals surface area contributed by atoms with Gasteiger partial charge in [-0.05, 0) is 44.9 Å². The van der Waals surface area contributed by atoms with Crippen molar-refractivity contribution in [1.29, 1.82) is 0 Å². The number of fused-ring (bicyclic) bond motifs is 2. The first-order valence-corrected chi connectivity index (χ1v) is 11.1. The molecule has 1 amide bonds. The summed E-state index contributed by atoms with van der Waals surface area (Å²) >= 11 is 0. The van der Waals surface area contributed by atoms with E-state index in [4.69, 9.17) is 9.47 Å². The van der Waals surface area contributed by atoms with Crippen LogP contribution in [-0.2, 0) is 17.9 Å². The van der Waals surface area contributed by atoms with Gasteiger partial charge < -0.3 is 14.4 Å². The zero-order valence-corrected chi connectivity index (χ0v) is 18.7. The molecule has 168 valence electrons. The molecule has 8 nitrogen and oxygen atoms in total. The SMILES string of the molecule is Cc1nc(C)n(CC(=O)N2CCCCCCOc3ccccc3Oc3ncccc3C2)n1. The van der Waals surface area contributed by atoms with Crippen LogP contribution in [0.2, 0.25) is 0 Å². The summed E-state index contributed by atoms with van der Waals surface area (Å²) in [5.74, 6) is 3.21. The second kappa shape index (κ2) is 10.3. The Morgan fingerprint density at radius 2 is 1.84 bits per heavy atom. The van der Waals surface area contributed by atoms with E-state index in [-0.39, 0.29) is 12.5 Å². The molecule has 0 atom stereocenters. The van der Waals surface area contributed by atoms with Crippen molar-refractivity contribution in [2.75, 3.05) is 13.2 Å². The number of benzene rings is 1. The van der Waals surface area contributed by atoms with Gasteiger partial charge in [0.15, 0.2) is 11.5 Å². The number of amides is 1. The topological polar surface area (TPSA) is 82.4 Å². The number of carbonyl (C=O) groups is 1. The van der Waals surface area contributed by atoms with Crippen molar-refractivity contribution in [1.82, 2.24) is 24.6 Å². The number of ether oxygens (including phenoxy) is 2. The number of aryl methyl sites for hydroxylation is 2. The van der Waals surface area contributed by atoms with Gasteiger partial charge in [0.1, 0.15) is 18.2 Å². The minimum Gasteiger partial charge on any atom is -0.490 e. The Hall–Kier alpha value is -3.42. The van der Waals surface area contributed by atoms with Gasteiger partial charge in [-0.1, -0.05) is 31.0 Å². The van der Waals surface area contributed by atoms with Crippen LogP contribution in [0, 0.1) is 13.8 Å². The van der Waals surface area contributed by atoms with Gasteiger partial charge in [-0.25, -0.2) is 14.6 Å². The van der Waals surface area contributed by atoms with Crippen LogP contribution in [0.1, 0.15) is 42.9 Å². The predicted octanol–water partition coefficient (Wildman–Crippen LogP) is 4.06. The zero-order chi connectivity index (χ0) is 22.3. The lowest BCUT2D eigenvalue weighted by Gasteiger charge is -2.24. The Kier molecular flexibility index (Phi) is 6.99. The van der Waals surface area contributed by atoms with Crippen molar-refractivity contribution in [3.8, 4) is 17.4 Å². The average molecular weight is 436 g/mol. The molecule has 0 radical (unpaired) electrons. The molecule has 0 unspecified atom stereocenters. The minimum absolute atomic E-state index is 0.00336. The number of carbonyl (C=O) groups excluding carboxylic acids is 1. The lowest BCUT2D eigenvalue weighted by Crippen LogP contribution is -2.35. The molecule has 0 saturated carbocycles. The first-order valence-electron chi connectivity index (χ1n) is 11.1. The molecule has 0 fully saturated rings. The molecule has 0 spiro atoms. The van der Waals surface area contributed by atoms with Crippen molar-refractivity contribution in [2.24, 2.45) is 0 Å². The summed E-state index contributed by atoms with van der Waals surface area (Å²) in [5, 5.41) is 4.35. The third-order valence-electron chi connectivity index (χ3n) is 5.45. The maximum Gasteiger partial charge on any atom is 0.244 e. The molecule has 3 aromatic rings. The Bertz CT molecular complexity index is 1070. The van der Waals surface area contributed by atoms with Gasteiger partial charge in [0, 0.05) is 18.3 Å². The van der Waals surface area contributed by atoms with Crippen LogP contribution in [-0.4, -0.2) is 43.7 Å². The summed E-state index contributed by atoms with van der Waals surface area (Å²) < 4.78 is 13.8. The molecule has 1 aromatic carbocycles. The first-order chi connectivity index (χ1) is 15.6. The largest absolute Gasteiger partial charge is 0.490 e. The fourth-order valence-electron chi connectivity index (χ4n) is 3.77. The molecule has 3 heterocycles. The number of pyridine rings is 1. The molecule has 0 bridgehead atoms. The van der Waals surface area contributed by atoms with Crippen molar-refractivity contribution in [3.63, 3.8) is 0 Å². The van der Waals surface area contributed by atoms with Crippen LogP contribution in [0.15, 0.2) is 42.6 Å².